The molecule has 1 aromatic carbocycles. The molecule has 0 saturated carbocycles. The van der Waals surface area contributed by atoms with Crippen molar-refractivity contribution in [1.29, 1.82) is 0 Å². The van der Waals surface area contributed by atoms with Crippen LogP contribution in [-0.2, 0) is 9.53 Å². The third-order valence-corrected chi connectivity index (χ3v) is 3.38. The molecule has 0 bridgehead atoms. The van der Waals surface area contributed by atoms with Gasteiger partial charge in [0.15, 0.2) is 18.1 Å². The summed E-state index contributed by atoms with van der Waals surface area (Å²) in [6, 6.07) is 6.45. The van der Waals surface area contributed by atoms with Crippen molar-refractivity contribution in [2.75, 3.05) is 26.4 Å². The second kappa shape index (κ2) is 6.58. The summed E-state index contributed by atoms with van der Waals surface area (Å²) in [4.78, 5) is 11.9. The Balaban J connectivity index is 1.87. The average molecular weight is 281 g/mol. The molecule has 1 heterocycles. The maximum Gasteiger partial charge on any atom is 0.258 e. The standard InChI is InChI=1S/C14H19NO5/c16-10-14(5-7-19-8-6-14)15-13(18)9-20-12-4-2-1-3-11(12)17/h1-4,16-17H,5-10H2,(H,15,18). The molecule has 1 aromatic rings. The Bertz CT molecular complexity index is 457. The molecule has 110 valence electrons. The van der Waals surface area contributed by atoms with Crippen molar-refractivity contribution < 1.29 is 24.5 Å². The molecule has 0 aliphatic carbocycles. The molecule has 0 radical (unpaired) electrons. The molecule has 6 nitrogen and oxygen atoms in total. The van der Waals surface area contributed by atoms with E-state index >= 15 is 0 Å². The van der Waals surface area contributed by atoms with Crippen LogP contribution in [0.4, 0.5) is 0 Å². The van der Waals surface area contributed by atoms with E-state index in [1.807, 2.05) is 0 Å². The topological polar surface area (TPSA) is 88.0 Å². The number of amides is 1. The van der Waals surface area contributed by atoms with Crippen molar-refractivity contribution in [2.45, 2.75) is 18.4 Å². The molecule has 0 atom stereocenters. The third kappa shape index (κ3) is 3.61. The van der Waals surface area contributed by atoms with E-state index in [1.54, 1.807) is 18.2 Å². The first-order valence-corrected chi connectivity index (χ1v) is 6.56. The van der Waals surface area contributed by atoms with E-state index in [0.29, 0.717) is 26.1 Å². The predicted molar refractivity (Wildman–Crippen MR) is 71.6 cm³/mol. The van der Waals surface area contributed by atoms with Crippen LogP contribution >= 0.6 is 0 Å². The van der Waals surface area contributed by atoms with E-state index in [1.165, 1.54) is 6.07 Å². The maximum atomic E-state index is 11.9. The molecular weight excluding hydrogens is 262 g/mol. The monoisotopic (exact) mass is 281 g/mol. The van der Waals surface area contributed by atoms with Crippen molar-refractivity contribution >= 4 is 5.91 Å². The zero-order valence-electron chi connectivity index (χ0n) is 11.2. The molecule has 1 aliphatic heterocycles. The quantitative estimate of drug-likeness (QED) is 0.728. The number of hydrogen-bond acceptors (Lipinski definition) is 5. The number of ether oxygens (including phenoxy) is 2. The highest BCUT2D eigenvalue weighted by molar-refractivity contribution is 5.78. The Labute approximate surface area is 117 Å². The smallest absolute Gasteiger partial charge is 0.258 e. The van der Waals surface area contributed by atoms with E-state index in [-0.39, 0.29) is 30.6 Å². The van der Waals surface area contributed by atoms with Gasteiger partial charge in [0.1, 0.15) is 0 Å². The van der Waals surface area contributed by atoms with Gasteiger partial charge in [-0.1, -0.05) is 12.1 Å². The van der Waals surface area contributed by atoms with Gasteiger partial charge in [0.25, 0.3) is 5.91 Å². The molecule has 3 N–H and O–H groups in total. The second-order valence-electron chi connectivity index (χ2n) is 4.86. The van der Waals surface area contributed by atoms with Gasteiger partial charge in [-0.05, 0) is 25.0 Å². The van der Waals surface area contributed by atoms with Crippen LogP contribution in [0, 0.1) is 0 Å². The summed E-state index contributed by atoms with van der Waals surface area (Å²) in [5, 5.41) is 21.8. The van der Waals surface area contributed by atoms with E-state index in [4.69, 9.17) is 9.47 Å². The molecule has 1 aliphatic rings. The lowest BCUT2D eigenvalue weighted by molar-refractivity contribution is -0.127. The third-order valence-electron chi connectivity index (χ3n) is 3.38. The molecule has 0 aromatic heterocycles. The van der Waals surface area contributed by atoms with Gasteiger partial charge in [-0.2, -0.15) is 0 Å². The highest BCUT2D eigenvalue weighted by Gasteiger charge is 2.33. The van der Waals surface area contributed by atoms with Crippen molar-refractivity contribution in [3.8, 4) is 11.5 Å². The van der Waals surface area contributed by atoms with E-state index in [0.717, 1.165) is 0 Å². The highest BCUT2D eigenvalue weighted by Crippen LogP contribution is 2.24. The minimum absolute atomic E-state index is 0.0109. The van der Waals surface area contributed by atoms with Crippen molar-refractivity contribution in [2.24, 2.45) is 0 Å². The lowest BCUT2D eigenvalue weighted by Crippen LogP contribution is -2.55. The number of hydrogen-bond donors (Lipinski definition) is 3. The fourth-order valence-corrected chi connectivity index (χ4v) is 2.14. The van der Waals surface area contributed by atoms with Crippen LogP contribution < -0.4 is 10.1 Å². The van der Waals surface area contributed by atoms with E-state index in [2.05, 4.69) is 5.32 Å². The Morgan fingerprint density at radius 2 is 2.05 bits per heavy atom. The molecular formula is C14H19NO5. The van der Waals surface area contributed by atoms with Crippen LogP contribution in [0.1, 0.15) is 12.8 Å². The predicted octanol–water partition coefficient (Wildman–Crippen LogP) is 0.429. The van der Waals surface area contributed by atoms with Gasteiger partial charge in [0, 0.05) is 13.2 Å². The van der Waals surface area contributed by atoms with Gasteiger partial charge < -0.3 is 25.0 Å². The molecule has 0 spiro atoms. The Morgan fingerprint density at radius 1 is 1.35 bits per heavy atom. The largest absolute Gasteiger partial charge is 0.504 e. The lowest BCUT2D eigenvalue weighted by Gasteiger charge is -2.36. The number of carbonyl (C=O) groups is 1. The molecule has 1 saturated heterocycles. The number of aliphatic hydroxyl groups is 1. The number of benzene rings is 1. The van der Waals surface area contributed by atoms with Gasteiger partial charge in [-0.15, -0.1) is 0 Å². The van der Waals surface area contributed by atoms with Crippen molar-refractivity contribution in [1.82, 2.24) is 5.32 Å². The number of phenolic OH excluding ortho intramolecular Hbond substituents is 1. The molecule has 2 rings (SSSR count). The Kier molecular flexibility index (Phi) is 4.81. The zero-order chi connectivity index (χ0) is 14.4. The van der Waals surface area contributed by atoms with Crippen molar-refractivity contribution in [3.05, 3.63) is 24.3 Å². The summed E-state index contributed by atoms with van der Waals surface area (Å²) < 4.78 is 10.5. The van der Waals surface area contributed by atoms with Gasteiger partial charge in [0.2, 0.25) is 0 Å². The van der Waals surface area contributed by atoms with E-state index in [9.17, 15) is 15.0 Å². The summed E-state index contributed by atoms with van der Waals surface area (Å²) in [6.45, 7) is 0.696. The fourth-order valence-electron chi connectivity index (χ4n) is 2.14. The van der Waals surface area contributed by atoms with E-state index < -0.39 is 5.54 Å². The number of phenols is 1. The lowest BCUT2D eigenvalue weighted by atomic mass is 9.91. The highest BCUT2D eigenvalue weighted by atomic mass is 16.5. The first kappa shape index (κ1) is 14.6. The van der Waals surface area contributed by atoms with Crippen LogP contribution in [0.2, 0.25) is 0 Å². The number of carbonyl (C=O) groups excluding carboxylic acids is 1. The van der Waals surface area contributed by atoms with Crippen LogP contribution in [0.5, 0.6) is 11.5 Å². The Morgan fingerprint density at radius 3 is 2.70 bits per heavy atom. The van der Waals surface area contributed by atoms with Crippen LogP contribution in [0.25, 0.3) is 0 Å². The first-order valence-electron chi connectivity index (χ1n) is 6.56. The van der Waals surface area contributed by atoms with Crippen LogP contribution in [0.3, 0.4) is 0 Å². The fraction of sp³-hybridized carbons (Fsp3) is 0.500. The Hall–Kier alpha value is -1.79. The summed E-state index contributed by atoms with van der Waals surface area (Å²) in [7, 11) is 0. The van der Waals surface area contributed by atoms with Crippen LogP contribution in [-0.4, -0.2) is 48.1 Å². The van der Waals surface area contributed by atoms with Gasteiger partial charge in [-0.25, -0.2) is 0 Å². The molecule has 1 fully saturated rings. The number of nitrogens with one attached hydrogen (secondary N) is 1. The summed E-state index contributed by atoms with van der Waals surface area (Å²) in [6.07, 6.45) is 1.15. The van der Waals surface area contributed by atoms with Gasteiger partial charge in [-0.3, -0.25) is 4.79 Å². The average Bonchev–Trinajstić information content (AvgIpc) is 2.47. The molecule has 20 heavy (non-hydrogen) atoms. The molecule has 6 heteroatoms. The zero-order valence-corrected chi connectivity index (χ0v) is 11.2. The van der Waals surface area contributed by atoms with Gasteiger partial charge >= 0.3 is 0 Å². The molecule has 1 amide bonds. The maximum absolute atomic E-state index is 11.9. The summed E-state index contributed by atoms with van der Waals surface area (Å²) >= 11 is 0. The van der Waals surface area contributed by atoms with Crippen LogP contribution in [0.15, 0.2) is 24.3 Å². The molecule has 0 unspecified atom stereocenters. The number of para-hydroxylation sites is 2. The normalized spacial score (nSPS) is 17.4. The van der Waals surface area contributed by atoms with Crippen molar-refractivity contribution in [3.63, 3.8) is 0 Å². The van der Waals surface area contributed by atoms with Gasteiger partial charge in [0.05, 0.1) is 12.1 Å². The SMILES string of the molecule is O=C(COc1ccccc1O)NC1(CO)CCOCC1. The summed E-state index contributed by atoms with van der Waals surface area (Å²) in [5.41, 5.74) is -0.628. The second-order valence-corrected chi connectivity index (χ2v) is 4.86. The minimum atomic E-state index is -0.628. The minimum Gasteiger partial charge on any atom is -0.504 e. The number of rotatable bonds is 5. The number of aromatic hydroxyl groups is 1. The summed E-state index contributed by atoms with van der Waals surface area (Å²) in [5.74, 6) is -0.0832. The first-order chi connectivity index (χ1) is 9.65. The number of aliphatic hydroxyl groups excluding tert-OH is 1.